The van der Waals surface area contributed by atoms with E-state index in [-0.39, 0.29) is 6.03 Å². The van der Waals surface area contributed by atoms with Gasteiger partial charge >= 0.3 is 6.03 Å². The summed E-state index contributed by atoms with van der Waals surface area (Å²) in [4.78, 5) is 14.6. The summed E-state index contributed by atoms with van der Waals surface area (Å²) in [6.07, 6.45) is 0. The molecule has 1 saturated heterocycles. The van der Waals surface area contributed by atoms with Gasteiger partial charge in [0.05, 0.1) is 13.2 Å². The summed E-state index contributed by atoms with van der Waals surface area (Å²) < 4.78 is 5.34. The first-order valence-electron chi connectivity index (χ1n) is 8.96. The van der Waals surface area contributed by atoms with E-state index in [1.165, 1.54) is 11.1 Å². The first kappa shape index (κ1) is 18.7. The lowest BCUT2D eigenvalue weighted by Gasteiger charge is -2.26. The zero-order valence-corrected chi connectivity index (χ0v) is 15.4. The van der Waals surface area contributed by atoms with Crippen LogP contribution in [0.5, 0.6) is 0 Å². The fourth-order valence-corrected chi connectivity index (χ4v) is 3.01. The maximum absolute atomic E-state index is 12.3. The number of amides is 2. The molecule has 1 aliphatic heterocycles. The van der Waals surface area contributed by atoms with Crippen LogP contribution in [0.4, 0.5) is 10.5 Å². The van der Waals surface area contributed by atoms with Crippen LogP contribution in [0, 0.1) is 0 Å². The number of morpholine rings is 1. The van der Waals surface area contributed by atoms with Crippen molar-refractivity contribution in [1.82, 2.24) is 10.2 Å². The molecule has 0 spiro atoms. The van der Waals surface area contributed by atoms with E-state index in [4.69, 9.17) is 4.74 Å². The number of carbonyl (C=O) groups excluding carboxylic acids is 1. The third-order valence-corrected chi connectivity index (χ3v) is 4.43. The van der Waals surface area contributed by atoms with Gasteiger partial charge in [-0.15, -0.1) is 0 Å². The standard InChI is InChI=1S/C19H31N3O2/c1-14(2)16-6-5-7-17(15(3)4)18(16)21-19(23)20-8-9-22-10-12-24-13-11-22/h5-7,14-15H,8-13H2,1-4H3,(H2,20,21,23). The SMILES string of the molecule is CC(C)c1cccc(C(C)C)c1NC(=O)NCCN1CCOCC1. The fraction of sp³-hybridized carbons (Fsp3) is 0.632. The highest BCUT2D eigenvalue weighted by atomic mass is 16.5. The highest BCUT2D eigenvalue weighted by Crippen LogP contribution is 2.32. The van der Waals surface area contributed by atoms with Gasteiger partial charge in [-0.3, -0.25) is 4.90 Å². The van der Waals surface area contributed by atoms with E-state index in [9.17, 15) is 4.79 Å². The monoisotopic (exact) mass is 333 g/mol. The summed E-state index contributed by atoms with van der Waals surface area (Å²) in [6, 6.07) is 6.14. The summed E-state index contributed by atoms with van der Waals surface area (Å²) in [7, 11) is 0. The number of nitrogens with one attached hydrogen (secondary N) is 2. The zero-order valence-electron chi connectivity index (χ0n) is 15.4. The molecule has 0 aromatic heterocycles. The quantitative estimate of drug-likeness (QED) is 0.839. The maximum atomic E-state index is 12.3. The van der Waals surface area contributed by atoms with Gasteiger partial charge in [-0.25, -0.2) is 4.79 Å². The number of nitrogens with zero attached hydrogens (tertiary/aromatic N) is 1. The molecule has 1 aromatic carbocycles. The van der Waals surface area contributed by atoms with Gasteiger partial charge in [-0.2, -0.15) is 0 Å². The average Bonchev–Trinajstić information content (AvgIpc) is 2.55. The summed E-state index contributed by atoms with van der Waals surface area (Å²) in [5.74, 6) is 0.736. The van der Waals surface area contributed by atoms with Crippen LogP contribution in [0.15, 0.2) is 18.2 Å². The Labute approximate surface area is 145 Å². The van der Waals surface area contributed by atoms with Crippen molar-refractivity contribution in [2.75, 3.05) is 44.7 Å². The molecule has 24 heavy (non-hydrogen) atoms. The predicted octanol–water partition coefficient (Wildman–Crippen LogP) is 3.39. The number of carbonyl (C=O) groups is 1. The van der Waals surface area contributed by atoms with Crippen molar-refractivity contribution in [3.8, 4) is 0 Å². The van der Waals surface area contributed by atoms with Crippen molar-refractivity contribution in [3.63, 3.8) is 0 Å². The number of hydrogen-bond acceptors (Lipinski definition) is 3. The normalized spacial score (nSPS) is 15.8. The van der Waals surface area contributed by atoms with E-state index in [0.717, 1.165) is 38.5 Å². The van der Waals surface area contributed by atoms with Gasteiger partial charge in [-0.1, -0.05) is 45.9 Å². The Morgan fingerprint density at radius 2 is 1.71 bits per heavy atom. The van der Waals surface area contributed by atoms with Gasteiger partial charge in [0.1, 0.15) is 0 Å². The van der Waals surface area contributed by atoms with E-state index in [2.05, 4.69) is 61.4 Å². The van der Waals surface area contributed by atoms with E-state index in [1.807, 2.05) is 0 Å². The van der Waals surface area contributed by atoms with Crippen LogP contribution in [0.2, 0.25) is 0 Å². The number of hydrogen-bond donors (Lipinski definition) is 2. The second-order valence-corrected chi connectivity index (χ2v) is 6.96. The summed E-state index contributed by atoms with van der Waals surface area (Å²) in [6.45, 7) is 13.6. The Morgan fingerprint density at radius 1 is 1.12 bits per heavy atom. The number of benzene rings is 1. The molecule has 2 N–H and O–H groups in total. The molecule has 1 fully saturated rings. The van der Waals surface area contributed by atoms with Crippen LogP contribution in [-0.4, -0.2) is 50.3 Å². The van der Waals surface area contributed by atoms with Gasteiger partial charge in [-0.05, 0) is 23.0 Å². The second-order valence-electron chi connectivity index (χ2n) is 6.96. The summed E-state index contributed by atoms with van der Waals surface area (Å²) in [5.41, 5.74) is 3.33. The van der Waals surface area contributed by atoms with E-state index >= 15 is 0 Å². The third kappa shape index (κ3) is 5.21. The van der Waals surface area contributed by atoms with Crippen LogP contribution < -0.4 is 10.6 Å². The minimum atomic E-state index is -0.127. The number of urea groups is 1. The lowest BCUT2D eigenvalue weighted by Crippen LogP contribution is -2.42. The molecule has 5 nitrogen and oxygen atoms in total. The molecule has 1 aliphatic rings. The highest BCUT2D eigenvalue weighted by Gasteiger charge is 2.16. The van der Waals surface area contributed by atoms with E-state index < -0.39 is 0 Å². The molecule has 5 heteroatoms. The third-order valence-electron chi connectivity index (χ3n) is 4.43. The predicted molar refractivity (Wildman–Crippen MR) is 98.9 cm³/mol. The van der Waals surface area contributed by atoms with Crippen LogP contribution in [0.25, 0.3) is 0 Å². The Morgan fingerprint density at radius 3 is 2.25 bits per heavy atom. The molecule has 1 aromatic rings. The number of rotatable bonds is 6. The van der Waals surface area contributed by atoms with E-state index in [0.29, 0.717) is 18.4 Å². The summed E-state index contributed by atoms with van der Waals surface area (Å²) >= 11 is 0. The van der Waals surface area contributed by atoms with Gasteiger partial charge in [0, 0.05) is 31.9 Å². The number of para-hydroxylation sites is 1. The van der Waals surface area contributed by atoms with Crippen molar-refractivity contribution in [2.45, 2.75) is 39.5 Å². The molecular weight excluding hydrogens is 302 g/mol. The zero-order chi connectivity index (χ0) is 17.5. The molecule has 2 amide bonds. The molecule has 134 valence electrons. The molecule has 0 bridgehead atoms. The van der Waals surface area contributed by atoms with Crippen molar-refractivity contribution in [3.05, 3.63) is 29.3 Å². The van der Waals surface area contributed by atoms with Crippen molar-refractivity contribution in [2.24, 2.45) is 0 Å². The van der Waals surface area contributed by atoms with Crippen LogP contribution in [0.1, 0.15) is 50.7 Å². The molecule has 0 radical (unpaired) electrons. The minimum Gasteiger partial charge on any atom is -0.379 e. The van der Waals surface area contributed by atoms with Gasteiger partial charge < -0.3 is 15.4 Å². The van der Waals surface area contributed by atoms with Crippen molar-refractivity contribution < 1.29 is 9.53 Å². The van der Waals surface area contributed by atoms with Crippen molar-refractivity contribution >= 4 is 11.7 Å². The minimum absolute atomic E-state index is 0.127. The average molecular weight is 333 g/mol. The van der Waals surface area contributed by atoms with Gasteiger partial charge in [0.15, 0.2) is 0 Å². The molecule has 2 rings (SSSR count). The first-order chi connectivity index (χ1) is 11.5. The molecule has 0 saturated carbocycles. The van der Waals surface area contributed by atoms with Crippen LogP contribution in [-0.2, 0) is 4.74 Å². The smallest absolute Gasteiger partial charge is 0.319 e. The maximum Gasteiger partial charge on any atom is 0.319 e. The first-order valence-corrected chi connectivity index (χ1v) is 8.96. The molecule has 0 atom stereocenters. The fourth-order valence-electron chi connectivity index (χ4n) is 3.01. The molecule has 0 aliphatic carbocycles. The second kappa shape index (κ2) is 9.04. The topological polar surface area (TPSA) is 53.6 Å². The Hall–Kier alpha value is -1.59. The number of anilines is 1. The van der Waals surface area contributed by atoms with Crippen LogP contribution >= 0.6 is 0 Å². The van der Waals surface area contributed by atoms with Gasteiger partial charge in [0.25, 0.3) is 0 Å². The Bertz CT molecular complexity index is 511. The highest BCUT2D eigenvalue weighted by molar-refractivity contribution is 5.91. The largest absolute Gasteiger partial charge is 0.379 e. The van der Waals surface area contributed by atoms with Gasteiger partial charge in [0.2, 0.25) is 0 Å². The summed E-state index contributed by atoms with van der Waals surface area (Å²) in [5, 5.41) is 6.06. The van der Waals surface area contributed by atoms with Crippen molar-refractivity contribution in [1.29, 1.82) is 0 Å². The number of ether oxygens (including phenoxy) is 1. The van der Waals surface area contributed by atoms with E-state index in [1.54, 1.807) is 0 Å². The lowest BCUT2D eigenvalue weighted by atomic mass is 9.93. The molecular formula is C19H31N3O2. The Balaban J connectivity index is 1.94. The lowest BCUT2D eigenvalue weighted by molar-refractivity contribution is 0.0388. The Kier molecular flexibility index (Phi) is 7.06. The molecule has 1 heterocycles. The van der Waals surface area contributed by atoms with Crippen LogP contribution in [0.3, 0.4) is 0 Å². The molecule has 0 unspecified atom stereocenters.